The lowest BCUT2D eigenvalue weighted by Crippen LogP contribution is -2.17. The van der Waals surface area contributed by atoms with Crippen LogP contribution in [0.2, 0.25) is 0 Å². The summed E-state index contributed by atoms with van der Waals surface area (Å²) >= 11 is 0.907. The number of fused-ring (bicyclic) bond motifs is 1. The van der Waals surface area contributed by atoms with Crippen molar-refractivity contribution in [3.05, 3.63) is 59.2 Å². The van der Waals surface area contributed by atoms with Crippen molar-refractivity contribution in [1.29, 1.82) is 0 Å². The van der Waals surface area contributed by atoms with Crippen LogP contribution in [-0.4, -0.2) is 20.7 Å². The highest BCUT2D eigenvalue weighted by Crippen LogP contribution is 2.26. The minimum Gasteiger partial charge on any atom is -0.472 e. The molecule has 2 aromatic heterocycles. The van der Waals surface area contributed by atoms with Crippen molar-refractivity contribution in [1.82, 2.24) is 14.9 Å². The van der Waals surface area contributed by atoms with Crippen molar-refractivity contribution in [2.75, 3.05) is 0 Å². The number of benzene rings is 1. The third-order valence-corrected chi connectivity index (χ3v) is 4.33. The van der Waals surface area contributed by atoms with Crippen molar-refractivity contribution in [3.8, 4) is 0 Å². The second kappa shape index (κ2) is 5.44. The molecule has 1 aromatic carbocycles. The Balaban J connectivity index is 1.66. The van der Waals surface area contributed by atoms with E-state index in [0.717, 1.165) is 33.9 Å². The summed E-state index contributed by atoms with van der Waals surface area (Å²) in [5.41, 5.74) is 3.72. The summed E-state index contributed by atoms with van der Waals surface area (Å²) in [6, 6.07) is 7.66. The largest absolute Gasteiger partial charge is 0.472 e. The number of imidazole rings is 1. The molecule has 1 N–H and O–H groups in total. The number of imide groups is 1. The first-order valence-corrected chi connectivity index (χ1v) is 7.71. The van der Waals surface area contributed by atoms with Crippen LogP contribution in [0.3, 0.4) is 0 Å². The standard InChI is InChI=1S/C16H11N3O3S/c20-15-14(23-16(21)18-15)6-10-1-2-13-12(5-10)17-9-19(13)7-11-3-4-22-8-11/h1-6,8-9H,7H2,(H,18,20,21)/b14-6-. The number of carbonyl (C=O) groups excluding carboxylic acids is 2. The molecule has 1 aliphatic heterocycles. The van der Waals surface area contributed by atoms with Crippen LogP contribution in [0, 0.1) is 0 Å². The van der Waals surface area contributed by atoms with Crippen LogP contribution in [0.1, 0.15) is 11.1 Å². The zero-order valence-electron chi connectivity index (χ0n) is 11.9. The molecule has 2 amide bonds. The Labute approximate surface area is 135 Å². The fourth-order valence-electron chi connectivity index (χ4n) is 2.45. The Bertz CT molecular complexity index is 941. The molecular formula is C16H11N3O3S. The number of hydrogen-bond donors (Lipinski definition) is 1. The monoisotopic (exact) mass is 325 g/mol. The second-order valence-electron chi connectivity index (χ2n) is 5.10. The highest BCUT2D eigenvalue weighted by molar-refractivity contribution is 8.18. The zero-order valence-corrected chi connectivity index (χ0v) is 12.7. The molecule has 0 radical (unpaired) electrons. The van der Waals surface area contributed by atoms with Gasteiger partial charge in [-0.1, -0.05) is 6.07 Å². The van der Waals surface area contributed by atoms with Crippen LogP contribution in [-0.2, 0) is 11.3 Å². The summed E-state index contributed by atoms with van der Waals surface area (Å²) in [6.45, 7) is 0.681. The minimum atomic E-state index is -0.356. The highest BCUT2D eigenvalue weighted by Gasteiger charge is 2.24. The molecule has 1 aliphatic rings. The fraction of sp³-hybridized carbons (Fsp3) is 0.0625. The van der Waals surface area contributed by atoms with Crippen LogP contribution >= 0.6 is 11.8 Å². The van der Waals surface area contributed by atoms with Crippen LogP contribution in [0.25, 0.3) is 17.1 Å². The Hall–Kier alpha value is -2.80. The first kappa shape index (κ1) is 13.8. The van der Waals surface area contributed by atoms with Gasteiger partial charge in [0.05, 0.1) is 41.3 Å². The molecule has 7 heteroatoms. The number of aromatic nitrogens is 2. The van der Waals surface area contributed by atoms with E-state index < -0.39 is 0 Å². The van der Waals surface area contributed by atoms with Gasteiger partial charge in [0.1, 0.15) is 0 Å². The predicted molar refractivity (Wildman–Crippen MR) is 86.6 cm³/mol. The van der Waals surface area contributed by atoms with E-state index in [2.05, 4.69) is 10.3 Å². The Morgan fingerprint density at radius 2 is 2.22 bits per heavy atom. The van der Waals surface area contributed by atoms with Crippen LogP contribution in [0.15, 0.2) is 52.4 Å². The smallest absolute Gasteiger partial charge is 0.290 e. The van der Waals surface area contributed by atoms with E-state index >= 15 is 0 Å². The van der Waals surface area contributed by atoms with Gasteiger partial charge in [-0.3, -0.25) is 14.9 Å². The van der Waals surface area contributed by atoms with E-state index in [1.807, 2.05) is 28.8 Å². The van der Waals surface area contributed by atoms with Crippen LogP contribution < -0.4 is 5.32 Å². The molecule has 23 heavy (non-hydrogen) atoms. The second-order valence-corrected chi connectivity index (χ2v) is 6.12. The van der Waals surface area contributed by atoms with E-state index in [9.17, 15) is 9.59 Å². The molecule has 0 unspecified atom stereocenters. The molecule has 0 aliphatic carbocycles. The fourth-order valence-corrected chi connectivity index (χ4v) is 3.13. The number of nitrogens with one attached hydrogen (secondary N) is 1. The predicted octanol–water partition coefficient (Wildman–Crippen LogP) is 3.00. The van der Waals surface area contributed by atoms with Crippen LogP contribution in [0.4, 0.5) is 4.79 Å². The van der Waals surface area contributed by atoms with E-state index in [1.165, 1.54) is 0 Å². The molecule has 0 spiro atoms. The number of rotatable bonds is 3. The number of nitrogens with zero attached hydrogens (tertiary/aromatic N) is 2. The molecule has 6 nitrogen and oxygen atoms in total. The number of thioether (sulfide) groups is 1. The third-order valence-electron chi connectivity index (χ3n) is 3.52. The molecule has 0 saturated carbocycles. The van der Waals surface area contributed by atoms with Gasteiger partial charge in [0.15, 0.2) is 0 Å². The summed E-state index contributed by atoms with van der Waals surface area (Å²) in [4.78, 5) is 27.6. The van der Waals surface area contributed by atoms with Crippen molar-refractivity contribution in [2.45, 2.75) is 6.54 Å². The summed E-state index contributed by atoms with van der Waals surface area (Å²) < 4.78 is 7.10. The number of amides is 2. The summed E-state index contributed by atoms with van der Waals surface area (Å²) in [5, 5.41) is 1.90. The van der Waals surface area contributed by atoms with Gasteiger partial charge in [-0.2, -0.15) is 0 Å². The van der Waals surface area contributed by atoms with Crippen LogP contribution in [0.5, 0.6) is 0 Å². The molecule has 0 atom stereocenters. The number of carbonyl (C=O) groups is 2. The van der Waals surface area contributed by atoms with Gasteiger partial charge in [0, 0.05) is 5.56 Å². The average molecular weight is 325 g/mol. The lowest BCUT2D eigenvalue weighted by atomic mass is 10.2. The molecule has 114 valence electrons. The minimum absolute atomic E-state index is 0.341. The van der Waals surface area contributed by atoms with E-state index in [1.54, 1.807) is 24.9 Å². The first-order valence-electron chi connectivity index (χ1n) is 6.90. The number of furan rings is 1. The summed E-state index contributed by atoms with van der Waals surface area (Å²) in [6.07, 6.45) is 6.82. The highest BCUT2D eigenvalue weighted by atomic mass is 32.2. The molecule has 1 fully saturated rings. The maximum absolute atomic E-state index is 11.6. The van der Waals surface area contributed by atoms with Gasteiger partial charge >= 0.3 is 0 Å². The van der Waals surface area contributed by atoms with Crippen molar-refractivity contribution in [2.24, 2.45) is 0 Å². The normalized spacial score (nSPS) is 16.4. The quantitative estimate of drug-likeness (QED) is 0.749. The lowest BCUT2D eigenvalue weighted by Gasteiger charge is -2.02. The molecule has 0 bridgehead atoms. The molecular weight excluding hydrogens is 314 g/mol. The topological polar surface area (TPSA) is 77.1 Å². The molecule has 4 rings (SSSR count). The van der Waals surface area contributed by atoms with E-state index in [4.69, 9.17) is 4.42 Å². The Kier molecular flexibility index (Phi) is 3.27. The van der Waals surface area contributed by atoms with Gasteiger partial charge in [0.25, 0.3) is 11.1 Å². The first-order chi connectivity index (χ1) is 11.2. The van der Waals surface area contributed by atoms with E-state index in [-0.39, 0.29) is 11.1 Å². The molecule has 3 aromatic rings. The third kappa shape index (κ3) is 2.66. The van der Waals surface area contributed by atoms with Gasteiger partial charge in [-0.25, -0.2) is 4.98 Å². The molecule has 1 saturated heterocycles. The maximum atomic E-state index is 11.6. The SMILES string of the molecule is O=C1NC(=O)/C(=C/c2ccc3c(c2)ncn3Cc2ccoc2)S1. The van der Waals surface area contributed by atoms with Crippen molar-refractivity contribution >= 4 is 40.0 Å². The Morgan fingerprint density at radius 3 is 2.96 bits per heavy atom. The Morgan fingerprint density at radius 1 is 1.30 bits per heavy atom. The van der Waals surface area contributed by atoms with Crippen molar-refractivity contribution in [3.63, 3.8) is 0 Å². The average Bonchev–Trinajstić information content (AvgIpc) is 3.23. The zero-order chi connectivity index (χ0) is 15.8. The lowest BCUT2D eigenvalue weighted by molar-refractivity contribution is -0.115. The van der Waals surface area contributed by atoms with E-state index in [0.29, 0.717) is 11.4 Å². The maximum Gasteiger partial charge on any atom is 0.290 e. The summed E-state index contributed by atoms with van der Waals surface area (Å²) in [7, 11) is 0. The van der Waals surface area contributed by atoms with Gasteiger partial charge in [-0.05, 0) is 41.6 Å². The van der Waals surface area contributed by atoms with Crippen molar-refractivity contribution < 1.29 is 14.0 Å². The van der Waals surface area contributed by atoms with Gasteiger partial charge in [0.2, 0.25) is 0 Å². The number of hydrogen-bond acceptors (Lipinski definition) is 5. The summed E-state index contributed by atoms with van der Waals surface area (Å²) in [5.74, 6) is -0.356. The van der Waals surface area contributed by atoms with Gasteiger partial charge < -0.3 is 8.98 Å². The van der Waals surface area contributed by atoms with Gasteiger partial charge in [-0.15, -0.1) is 0 Å². The molecule has 3 heterocycles.